The third-order valence-corrected chi connectivity index (χ3v) is 12.0. The molecule has 6 heterocycles. The van der Waals surface area contributed by atoms with E-state index in [-0.39, 0.29) is 17.7 Å². The van der Waals surface area contributed by atoms with Gasteiger partial charge in [0.05, 0.1) is 34.8 Å². The zero-order valence-corrected chi connectivity index (χ0v) is 29.2. The molecule has 1 saturated carbocycles. The Hall–Kier alpha value is -4.00. The lowest BCUT2D eigenvalue weighted by molar-refractivity contribution is -0.0775. The molecule has 9 rings (SSSR count). The summed E-state index contributed by atoms with van der Waals surface area (Å²) in [5.74, 6) is 0. The van der Waals surface area contributed by atoms with Crippen molar-refractivity contribution in [1.82, 2.24) is 39.1 Å². The summed E-state index contributed by atoms with van der Waals surface area (Å²) in [5.41, 5.74) is 7.63. The van der Waals surface area contributed by atoms with Gasteiger partial charge in [-0.2, -0.15) is 15.3 Å². The number of fused-ring (bicyclic) bond motifs is 2. The molecule has 3 aromatic heterocycles. The molecule has 262 valence electrons. The van der Waals surface area contributed by atoms with Crippen LogP contribution in [0.5, 0.6) is 0 Å². The molecule has 0 radical (unpaired) electrons. The number of hydrogen-bond acceptors (Lipinski definition) is 6. The molecule has 2 atom stereocenters. The van der Waals surface area contributed by atoms with E-state index in [1.165, 1.54) is 4.90 Å². The molecule has 3 aliphatic heterocycles. The van der Waals surface area contributed by atoms with Gasteiger partial charge in [0, 0.05) is 84.1 Å². The molecule has 0 bridgehead atoms. The predicted octanol–water partition coefficient (Wildman–Crippen LogP) is 7.24. The van der Waals surface area contributed by atoms with Gasteiger partial charge in [0.25, 0.3) is 0 Å². The van der Waals surface area contributed by atoms with Crippen LogP contribution in [0.15, 0.2) is 36.7 Å². The summed E-state index contributed by atoms with van der Waals surface area (Å²) in [6.45, 7) is 8.81. The maximum atomic E-state index is 13.7. The predicted molar refractivity (Wildman–Crippen MR) is 189 cm³/mol. The van der Waals surface area contributed by atoms with Gasteiger partial charge in [0.2, 0.25) is 0 Å². The summed E-state index contributed by atoms with van der Waals surface area (Å²) >= 11 is 7.28. The number of benzene rings is 2. The van der Waals surface area contributed by atoms with Crippen LogP contribution in [-0.4, -0.2) is 95.8 Å². The van der Waals surface area contributed by atoms with Crippen LogP contribution in [0.1, 0.15) is 62.1 Å². The Balaban J connectivity index is 1.12. The van der Waals surface area contributed by atoms with Crippen LogP contribution in [0.3, 0.4) is 0 Å². The number of alkyl halides is 1. The fourth-order valence-electron chi connectivity index (χ4n) is 8.90. The van der Waals surface area contributed by atoms with Crippen molar-refractivity contribution in [2.24, 2.45) is 5.41 Å². The number of aryl methyl sites for hydroxylation is 1. The molecule has 1 N–H and O–H groups in total. The van der Waals surface area contributed by atoms with Crippen LogP contribution in [0.4, 0.5) is 9.18 Å². The molecule has 11 nitrogen and oxygen atoms in total. The van der Waals surface area contributed by atoms with E-state index in [0.29, 0.717) is 37.6 Å². The Morgan fingerprint density at radius 1 is 1.08 bits per heavy atom. The Morgan fingerprint density at radius 3 is 2.66 bits per heavy atom. The molecule has 3 saturated heterocycles. The normalized spacial score (nSPS) is 22.5. The number of amides is 1. The lowest BCUT2D eigenvalue weighted by Crippen LogP contribution is -2.63. The molecule has 50 heavy (non-hydrogen) atoms. The molecular formula is C37H42ClFN8O3. The summed E-state index contributed by atoms with van der Waals surface area (Å²) in [6.07, 6.45) is 7.75. The van der Waals surface area contributed by atoms with Crippen LogP contribution >= 0.6 is 11.6 Å². The zero-order chi connectivity index (χ0) is 34.3. The Kier molecular flexibility index (Phi) is 7.70. The topological polar surface area (TPSA) is 106 Å². The number of nitrogens with zero attached hydrogens (tertiary/aromatic N) is 8. The average Bonchev–Trinajstić information content (AvgIpc) is 3.85. The third kappa shape index (κ3) is 5.29. The SMILES string of the molecule is Cc1cc2c(cnn2C2CCCCO2)c(-c2c(-c3ccc4nn(CCN5CC[C@H](F)C5)cc4c3)nn(C3CC4(C3)CN(C(=O)O)C4)c2C)c1Cl. The molecule has 4 fully saturated rings. The van der Waals surface area contributed by atoms with E-state index in [0.717, 1.165) is 107 Å². The van der Waals surface area contributed by atoms with Crippen molar-refractivity contribution in [2.45, 2.75) is 77.4 Å². The summed E-state index contributed by atoms with van der Waals surface area (Å²) in [5, 5.41) is 27.1. The number of aromatic nitrogens is 6. The fraction of sp³-hybridized carbons (Fsp3) is 0.514. The summed E-state index contributed by atoms with van der Waals surface area (Å²) in [7, 11) is 0. The molecule has 4 aliphatic rings. The molecular weight excluding hydrogens is 659 g/mol. The van der Waals surface area contributed by atoms with Crippen LogP contribution in [0.2, 0.25) is 5.02 Å². The average molecular weight is 701 g/mol. The van der Waals surface area contributed by atoms with Gasteiger partial charge in [0.15, 0.2) is 6.23 Å². The first-order valence-electron chi connectivity index (χ1n) is 17.9. The van der Waals surface area contributed by atoms with Crippen molar-refractivity contribution in [3.8, 4) is 22.4 Å². The number of carboxylic acid groups (broad SMARTS) is 1. The van der Waals surface area contributed by atoms with Crippen molar-refractivity contribution in [2.75, 3.05) is 39.3 Å². The standard InChI is InChI=1S/C37H42ClFN8O3/c1-22-13-30-28(17-40-47(30)31-5-3-4-12-50-31)33(34(22)38)32-23(2)46(27-15-37(16-27)20-44(21-37)36(48)49)42-35(32)24-6-7-29-25(14-24)18-45(41-29)11-10-43-9-8-26(39)19-43/h6-7,13-14,17-18,26-27,31H,3-5,8-12,15-16,19-21H2,1-2H3,(H,48,49)/t26-,31?/m0/s1. The number of carbonyl (C=O) groups is 1. The molecule has 1 unspecified atom stereocenters. The summed E-state index contributed by atoms with van der Waals surface area (Å²) in [4.78, 5) is 15.2. The smallest absolute Gasteiger partial charge is 0.407 e. The highest BCUT2D eigenvalue weighted by Gasteiger charge is 2.55. The molecule has 5 aromatic rings. The van der Waals surface area contributed by atoms with E-state index in [1.807, 2.05) is 28.6 Å². The Morgan fingerprint density at radius 2 is 1.92 bits per heavy atom. The minimum atomic E-state index is -0.848. The molecule has 2 aromatic carbocycles. The first-order chi connectivity index (χ1) is 24.2. The van der Waals surface area contributed by atoms with Gasteiger partial charge in [-0.3, -0.25) is 14.3 Å². The number of hydrogen-bond donors (Lipinski definition) is 1. The third-order valence-electron chi connectivity index (χ3n) is 11.5. The largest absolute Gasteiger partial charge is 0.465 e. The van der Waals surface area contributed by atoms with Crippen molar-refractivity contribution >= 4 is 39.5 Å². The maximum absolute atomic E-state index is 13.7. The van der Waals surface area contributed by atoms with Gasteiger partial charge in [0.1, 0.15) is 11.9 Å². The van der Waals surface area contributed by atoms with E-state index in [1.54, 1.807) is 0 Å². The number of rotatable bonds is 7. The second-order valence-electron chi connectivity index (χ2n) is 15.0. The maximum Gasteiger partial charge on any atom is 0.407 e. The van der Waals surface area contributed by atoms with Crippen LogP contribution in [-0.2, 0) is 11.3 Å². The van der Waals surface area contributed by atoms with Crippen molar-refractivity contribution in [3.63, 3.8) is 0 Å². The van der Waals surface area contributed by atoms with Crippen LogP contribution in [0, 0.1) is 19.3 Å². The van der Waals surface area contributed by atoms with Crippen LogP contribution < -0.4 is 0 Å². The Labute approximate surface area is 294 Å². The van der Waals surface area contributed by atoms with Gasteiger partial charge in [-0.15, -0.1) is 0 Å². The van der Waals surface area contributed by atoms with E-state index >= 15 is 0 Å². The first kappa shape index (κ1) is 31.9. The molecule has 1 spiro atoms. The van der Waals surface area contributed by atoms with Gasteiger partial charge in [-0.1, -0.05) is 17.7 Å². The minimum absolute atomic E-state index is 0.0326. The minimum Gasteiger partial charge on any atom is -0.465 e. The van der Waals surface area contributed by atoms with E-state index in [9.17, 15) is 14.3 Å². The zero-order valence-electron chi connectivity index (χ0n) is 28.5. The van der Waals surface area contributed by atoms with Crippen molar-refractivity contribution in [1.29, 1.82) is 0 Å². The molecule has 1 aliphatic carbocycles. The quantitative estimate of drug-likeness (QED) is 0.191. The lowest BCUT2D eigenvalue weighted by Gasteiger charge is -2.58. The van der Waals surface area contributed by atoms with Crippen LogP contribution in [0.25, 0.3) is 44.2 Å². The number of ether oxygens (including phenoxy) is 1. The Bertz CT molecular complexity index is 2120. The number of halogens is 2. The molecule has 13 heteroatoms. The summed E-state index contributed by atoms with van der Waals surface area (Å²) in [6, 6.07) is 8.56. The highest BCUT2D eigenvalue weighted by Crippen LogP contribution is 2.55. The van der Waals surface area contributed by atoms with E-state index < -0.39 is 12.3 Å². The van der Waals surface area contributed by atoms with Crippen molar-refractivity contribution in [3.05, 3.63) is 52.9 Å². The van der Waals surface area contributed by atoms with Gasteiger partial charge in [-0.05, 0) is 76.1 Å². The number of likely N-dealkylation sites (tertiary alicyclic amines) is 2. The van der Waals surface area contributed by atoms with E-state index in [4.69, 9.17) is 31.6 Å². The highest BCUT2D eigenvalue weighted by atomic mass is 35.5. The lowest BCUT2D eigenvalue weighted by atomic mass is 9.61. The van der Waals surface area contributed by atoms with Crippen molar-refractivity contribution < 1.29 is 19.0 Å². The van der Waals surface area contributed by atoms with E-state index in [2.05, 4.69) is 40.9 Å². The molecule has 1 amide bonds. The fourth-order valence-corrected chi connectivity index (χ4v) is 9.15. The monoisotopic (exact) mass is 700 g/mol. The van der Waals surface area contributed by atoms with Gasteiger partial charge in [-0.25, -0.2) is 13.9 Å². The second-order valence-corrected chi connectivity index (χ2v) is 15.4. The highest BCUT2D eigenvalue weighted by molar-refractivity contribution is 6.36. The second kappa shape index (κ2) is 12.1. The summed E-state index contributed by atoms with van der Waals surface area (Å²) < 4.78 is 26.0. The first-order valence-corrected chi connectivity index (χ1v) is 18.2. The van der Waals surface area contributed by atoms with Gasteiger partial charge < -0.3 is 14.7 Å². The van der Waals surface area contributed by atoms with Gasteiger partial charge >= 0.3 is 6.09 Å².